The number of aryl methyl sites for hydroxylation is 1. The molecule has 0 unspecified atom stereocenters. The summed E-state index contributed by atoms with van der Waals surface area (Å²) in [5.74, 6) is -0.246. The molecular formula is C12H16N2O3. The zero-order valence-corrected chi connectivity index (χ0v) is 10.4. The number of carbonyl (C=O) groups is 1. The average molecular weight is 236 g/mol. The smallest absolute Gasteiger partial charge is 0.293 e. The normalized spacial score (nSPS) is 11.1. The highest BCUT2D eigenvalue weighted by molar-refractivity contribution is 5.96. The van der Waals surface area contributed by atoms with Gasteiger partial charge in [-0.15, -0.1) is 0 Å². The van der Waals surface area contributed by atoms with Crippen LogP contribution in [-0.2, 0) is 4.79 Å². The fourth-order valence-electron chi connectivity index (χ4n) is 1.21. The number of benzene rings is 1. The zero-order valence-electron chi connectivity index (χ0n) is 10.4. The molecule has 0 spiro atoms. The molecule has 1 amide bonds. The highest BCUT2D eigenvalue weighted by atomic mass is 16.6. The number of rotatable bonds is 2. The van der Waals surface area contributed by atoms with E-state index >= 15 is 0 Å². The maximum absolute atomic E-state index is 11.8. The molecule has 1 aromatic rings. The minimum Gasteiger partial charge on any atom is -0.320 e. The molecule has 5 heteroatoms. The second-order valence-electron chi connectivity index (χ2n) is 4.98. The largest absolute Gasteiger partial charge is 0.320 e. The maximum atomic E-state index is 11.8. The van der Waals surface area contributed by atoms with Gasteiger partial charge in [0.05, 0.1) is 4.92 Å². The number of hydrogen-bond acceptors (Lipinski definition) is 3. The van der Waals surface area contributed by atoms with Crippen molar-refractivity contribution in [3.63, 3.8) is 0 Å². The zero-order chi connectivity index (χ0) is 13.2. The Balaban J connectivity index is 3.07. The molecule has 0 aromatic heterocycles. The topological polar surface area (TPSA) is 72.2 Å². The summed E-state index contributed by atoms with van der Waals surface area (Å²) < 4.78 is 0. The SMILES string of the molecule is Cc1ccc(NC(=O)C(C)(C)C)c([N+](=O)[O-])c1. The van der Waals surface area contributed by atoms with Gasteiger partial charge in [0, 0.05) is 11.5 Å². The number of nitrogens with zero attached hydrogens (tertiary/aromatic N) is 1. The summed E-state index contributed by atoms with van der Waals surface area (Å²) in [6.07, 6.45) is 0. The number of anilines is 1. The monoisotopic (exact) mass is 236 g/mol. The lowest BCUT2D eigenvalue weighted by Gasteiger charge is -2.17. The molecular weight excluding hydrogens is 220 g/mol. The predicted molar refractivity (Wildman–Crippen MR) is 65.9 cm³/mol. The minimum absolute atomic E-state index is 0.0809. The highest BCUT2D eigenvalue weighted by Gasteiger charge is 2.24. The first-order valence-electron chi connectivity index (χ1n) is 5.28. The van der Waals surface area contributed by atoms with Crippen molar-refractivity contribution >= 4 is 17.3 Å². The van der Waals surface area contributed by atoms with Crippen LogP contribution < -0.4 is 5.32 Å². The van der Waals surface area contributed by atoms with Crippen LogP contribution in [0.1, 0.15) is 26.3 Å². The van der Waals surface area contributed by atoms with Gasteiger partial charge in [0.15, 0.2) is 0 Å². The van der Waals surface area contributed by atoms with Crippen LogP contribution >= 0.6 is 0 Å². The van der Waals surface area contributed by atoms with Crippen molar-refractivity contribution in [3.05, 3.63) is 33.9 Å². The van der Waals surface area contributed by atoms with E-state index in [1.54, 1.807) is 39.8 Å². The van der Waals surface area contributed by atoms with Gasteiger partial charge >= 0.3 is 0 Å². The lowest BCUT2D eigenvalue weighted by atomic mass is 9.95. The van der Waals surface area contributed by atoms with E-state index in [2.05, 4.69) is 5.32 Å². The first-order chi connectivity index (χ1) is 7.71. The molecule has 0 saturated carbocycles. The van der Waals surface area contributed by atoms with Crippen LogP contribution in [0.2, 0.25) is 0 Å². The van der Waals surface area contributed by atoms with Crippen molar-refractivity contribution in [2.45, 2.75) is 27.7 Å². The fourth-order valence-corrected chi connectivity index (χ4v) is 1.21. The number of nitrogens with one attached hydrogen (secondary N) is 1. The van der Waals surface area contributed by atoms with E-state index in [0.717, 1.165) is 5.56 Å². The van der Waals surface area contributed by atoms with Gasteiger partial charge in [0.2, 0.25) is 5.91 Å². The number of carbonyl (C=O) groups excluding carboxylic acids is 1. The Morgan fingerprint density at radius 2 is 1.94 bits per heavy atom. The molecule has 0 fully saturated rings. The van der Waals surface area contributed by atoms with Crippen LogP contribution in [-0.4, -0.2) is 10.8 Å². The number of nitro benzene ring substituents is 1. The van der Waals surface area contributed by atoms with Crippen LogP contribution in [0, 0.1) is 22.5 Å². The van der Waals surface area contributed by atoms with Crippen molar-refractivity contribution in [3.8, 4) is 0 Å². The molecule has 0 bridgehead atoms. The van der Waals surface area contributed by atoms with Crippen molar-refractivity contribution in [1.29, 1.82) is 0 Å². The van der Waals surface area contributed by atoms with E-state index in [1.165, 1.54) is 6.07 Å². The average Bonchev–Trinajstić information content (AvgIpc) is 2.18. The summed E-state index contributed by atoms with van der Waals surface area (Å²) in [5.41, 5.74) is 0.354. The molecule has 17 heavy (non-hydrogen) atoms. The van der Waals surface area contributed by atoms with E-state index in [1.807, 2.05) is 0 Å². The van der Waals surface area contributed by atoms with Gasteiger partial charge in [-0.05, 0) is 18.6 Å². The number of hydrogen-bond donors (Lipinski definition) is 1. The van der Waals surface area contributed by atoms with Crippen LogP contribution in [0.25, 0.3) is 0 Å². The van der Waals surface area contributed by atoms with Gasteiger partial charge in [-0.25, -0.2) is 0 Å². The predicted octanol–water partition coefficient (Wildman–Crippen LogP) is 2.89. The molecule has 0 heterocycles. The molecule has 0 aliphatic heterocycles. The fraction of sp³-hybridized carbons (Fsp3) is 0.417. The molecule has 0 atom stereocenters. The Bertz CT molecular complexity index is 461. The highest BCUT2D eigenvalue weighted by Crippen LogP contribution is 2.27. The van der Waals surface area contributed by atoms with E-state index in [4.69, 9.17) is 0 Å². The van der Waals surface area contributed by atoms with Crippen LogP contribution in [0.3, 0.4) is 0 Å². The van der Waals surface area contributed by atoms with E-state index in [9.17, 15) is 14.9 Å². The lowest BCUT2D eigenvalue weighted by Crippen LogP contribution is -2.27. The molecule has 1 N–H and O–H groups in total. The molecule has 0 aliphatic carbocycles. The van der Waals surface area contributed by atoms with Gasteiger partial charge in [0.1, 0.15) is 5.69 Å². The Hall–Kier alpha value is -1.91. The first-order valence-corrected chi connectivity index (χ1v) is 5.28. The van der Waals surface area contributed by atoms with E-state index in [-0.39, 0.29) is 17.3 Å². The van der Waals surface area contributed by atoms with Crippen LogP contribution in [0.5, 0.6) is 0 Å². The van der Waals surface area contributed by atoms with Crippen LogP contribution in [0.4, 0.5) is 11.4 Å². The second-order valence-corrected chi connectivity index (χ2v) is 4.98. The molecule has 1 aromatic carbocycles. The van der Waals surface area contributed by atoms with Crippen molar-refractivity contribution < 1.29 is 9.72 Å². The Morgan fingerprint density at radius 1 is 1.35 bits per heavy atom. The van der Waals surface area contributed by atoms with Crippen molar-refractivity contribution in [1.82, 2.24) is 0 Å². The molecule has 0 radical (unpaired) electrons. The standard InChI is InChI=1S/C12H16N2O3/c1-8-5-6-9(10(7-8)14(16)17)13-11(15)12(2,3)4/h5-7H,1-4H3,(H,13,15). The summed E-state index contributed by atoms with van der Waals surface area (Å²) in [7, 11) is 0. The van der Waals surface area contributed by atoms with Gasteiger partial charge in [-0.1, -0.05) is 26.8 Å². The quantitative estimate of drug-likeness (QED) is 0.633. The number of nitro groups is 1. The summed E-state index contributed by atoms with van der Waals surface area (Å²) in [6, 6.07) is 4.72. The van der Waals surface area contributed by atoms with Gasteiger partial charge < -0.3 is 5.32 Å². The minimum atomic E-state index is -0.585. The summed E-state index contributed by atoms with van der Waals surface area (Å²) >= 11 is 0. The Labute approximate surface area is 100.0 Å². The van der Waals surface area contributed by atoms with Crippen LogP contribution in [0.15, 0.2) is 18.2 Å². The molecule has 0 saturated heterocycles. The summed E-state index contributed by atoms with van der Waals surface area (Å²) in [6.45, 7) is 7.02. The van der Waals surface area contributed by atoms with Gasteiger partial charge in [0.25, 0.3) is 5.69 Å². The maximum Gasteiger partial charge on any atom is 0.293 e. The number of amides is 1. The van der Waals surface area contributed by atoms with E-state index < -0.39 is 10.3 Å². The molecule has 5 nitrogen and oxygen atoms in total. The summed E-state index contributed by atoms with van der Waals surface area (Å²) in [5, 5.41) is 13.4. The van der Waals surface area contributed by atoms with Crippen molar-refractivity contribution in [2.75, 3.05) is 5.32 Å². The third-order valence-electron chi connectivity index (χ3n) is 2.28. The third-order valence-corrected chi connectivity index (χ3v) is 2.28. The molecule has 0 aliphatic rings. The van der Waals surface area contributed by atoms with Crippen molar-refractivity contribution in [2.24, 2.45) is 5.41 Å². The lowest BCUT2D eigenvalue weighted by molar-refractivity contribution is -0.384. The molecule has 1 rings (SSSR count). The second kappa shape index (κ2) is 4.53. The van der Waals surface area contributed by atoms with Gasteiger partial charge in [-0.2, -0.15) is 0 Å². The summed E-state index contributed by atoms with van der Waals surface area (Å²) in [4.78, 5) is 22.1. The first kappa shape index (κ1) is 13.2. The molecule has 92 valence electrons. The van der Waals surface area contributed by atoms with Gasteiger partial charge in [-0.3, -0.25) is 14.9 Å². The third kappa shape index (κ3) is 3.27. The Morgan fingerprint density at radius 3 is 2.41 bits per heavy atom. The Kier molecular flexibility index (Phi) is 3.50. The van der Waals surface area contributed by atoms with E-state index in [0.29, 0.717) is 0 Å².